The highest BCUT2D eigenvalue weighted by molar-refractivity contribution is 7.93. The van der Waals surface area contributed by atoms with E-state index < -0.39 is 16.1 Å². The molecule has 0 spiro atoms. The first-order chi connectivity index (χ1) is 8.98. The van der Waals surface area contributed by atoms with E-state index in [1.165, 1.54) is 6.20 Å². The third-order valence-electron chi connectivity index (χ3n) is 2.54. The Hall–Kier alpha value is -1.05. The van der Waals surface area contributed by atoms with Gasteiger partial charge < -0.3 is 16.2 Å². The summed E-state index contributed by atoms with van der Waals surface area (Å²) in [4.78, 5) is 0. The number of hydrogen-bond donors (Lipinski definition) is 4. The van der Waals surface area contributed by atoms with E-state index in [0.29, 0.717) is 6.42 Å². The smallest absolute Gasteiger partial charge is 0.257 e. The highest BCUT2D eigenvalue weighted by atomic mass is 32.2. The highest BCUT2D eigenvalue weighted by Crippen LogP contribution is 2.20. The van der Waals surface area contributed by atoms with Crippen LogP contribution < -0.4 is 15.8 Å². The summed E-state index contributed by atoms with van der Waals surface area (Å²) in [5.74, 6) is 0. The van der Waals surface area contributed by atoms with Gasteiger partial charge in [-0.3, -0.25) is 0 Å². The van der Waals surface area contributed by atoms with Gasteiger partial charge in [0.2, 0.25) is 0 Å². The third-order valence-corrected chi connectivity index (χ3v) is 3.83. The normalized spacial score (nSPS) is 16.1. The van der Waals surface area contributed by atoms with Crippen LogP contribution in [0.5, 0.6) is 0 Å². The maximum absolute atomic E-state index is 11.8. The summed E-state index contributed by atoms with van der Waals surface area (Å²) >= 11 is 0. The summed E-state index contributed by atoms with van der Waals surface area (Å²) in [6.45, 7) is 9.48. The van der Waals surface area contributed by atoms with Gasteiger partial charge in [0.1, 0.15) is 0 Å². The number of aliphatic hydroxyl groups is 1. The Bertz CT molecular complexity index is 462. The van der Waals surface area contributed by atoms with E-state index in [1.54, 1.807) is 13.0 Å². The molecule has 0 radical (unpaired) electrons. The number of nitrogens with two attached hydrogens (primary N) is 1. The van der Waals surface area contributed by atoms with Crippen LogP contribution >= 0.6 is 0 Å². The van der Waals surface area contributed by atoms with Crippen molar-refractivity contribution in [2.24, 2.45) is 11.1 Å². The molecule has 0 fully saturated rings. The van der Waals surface area contributed by atoms with Crippen LogP contribution in [0.4, 0.5) is 0 Å². The van der Waals surface area contributed by atoms with Gasteiger partial charge in [0, 0.05) is 18.4 Å². The minimum Gasteiger partial charge on any atom is -0.392 e. The van der Waals surface area contributed by atoms with Crippen LogP contribution in [0.15, 0.2) is 23.0 Å². The zero-order valence-corrected chi connectivity index (χ0v) is 13.7. The van der Waals surface area contributed by atoms with E-state index in [-0.39, 0.29) is 17.0 Å². The summed E-state index contributed by atoms with van der Waals surface area (Å²) in [6, 6.07) is 0. The van der Waals surface area contributed by atoms with Crippen LogP contribution in [0, 0.1) is 5.41 Å². The molecule has 20 heavy (non-hydrogen) atoms. The van der Waals surface area contributed by atoms with Gasteiger partial charge in [0.15, 0.2) is 5.03 Å². The number of sulfonamides is 1. The Morgan fingerprint density at radius 3 is 2.40 bits per heavy atom. The molecule has 0 saturated carbocycles. The van der Waals surface area contributed by atoms with Crippen molar-refractivity contribution in [3.63, 3.8) is 0 Å². The first-order valence-corrected chi connectivity index (χ1v) is 7.99. The van der Waals surface area contributed by atoms with Crippen LogP contribution in [-0.4, -0.2) is 26.2 Å². The molecule has 0 aliphatic carbocycles. The van der Waals surface area contributed by atoms with Gasteiger partial charge in [0.05, 0.1) is 6.10 Å². The average Bonchev–Trinajstić information content (AvgIpc) is 2.30. The molecule has 0 heterocycles. The average molecular weight is 305 g/mol. The van der Waals surface area contributed by atoms with Gasteiger partial charge in [-0.1, -0.05) is 26.8 Å². The molecule has 0 aromatic carbocycles. The second-order valence-electron chi connectivity index (χ2n) is 5.93. The van der Waals surface area contributed by atoms with Crippen molar-refractivity contribution >= 4 is 10.0 Å². The zero-order valence-electron chi connectivity index (χ0n) is 12.9. The van der Waals surface area contributed by atoms with Crippen molar-refractivity contribution in [3.8, 4) is 0 Å². The predicted octanol–water partition coefficient (Wildman–Crippen LogP) is 0.974. The lowest BCUT2D eigenvalue weighted by Gasteiger charge is -2.22. The molecule has 6 nitrogen and oxygen atoms in total. The van der Waals surface area contributed by atoms with Gasteiger partial charge >= 0.3 is 0 Å². The lowest BCUT2D eigenvalue weighted by atomic mass is 9.89. The first kappa shape index (κ1) is 18.9. The molecular weight excluding hydrogens is 278 g/mol. The topological polar surface area (TPSA) is 104 Å². The molecule has 1 unspecified atom stereocenters. The molecule has 0 aromatic rings. The summed E-state index contributed by atoms with van der Waals surface area (Å²) < 4.78 is 25.9. The molecule has 118 valence electrons. The minimum absolute atomic E-state index is 0.0588. The fourth-order valence-electron chi connectivity index (χ4n) is 1.41. The molecule has 0 bridgehead atoms. The highest BCUT2D eigenvalue weighted by Gasteiger charge is 2.20. The van der Waals surface area contributed by atoms with Crippen LogP contribution in [-0.2, 0) is 10.0 Å². The summed E-state index contributed by atoms with van der Waals surface area (Å²) in [5, 5.41) is 12.2. The standard InChI is InChI=1S/C13H27N3O3S/c1-6-10(2)15-9-12(14)20(18,19)16-8-11(17)7-13(3,4)5/h6,9,11,15-17H,7-8,14H2,1-5H3/b10-6-,12-9+. The number of hydrogen-bond acceptors (Lipinski definition) is 5. The third kappa shape index (κ3) is 8.19. The summed E-state index contributed by atoms with van der Waals surface area (Å²) in [7, 11) is -3.78. The van der Waals surface area contributed by atoms with Crippen LogP contribution in [0.2, 0.25) is 0 Å². The summed E-state index contributed by atoms with van der Waals surface area (Å²) in [5.41, 5.74) is 6.22. The quantitative estimate of drug-likeness (QED) is 0.561. The van der Waals surface area contributed by atoms with Crippen LogP contribution in [0.1, 0.15) is 41.0 Å². The number of aliphatic hydroxyl groups excluding tert-OH is 1. The molecule has 0 saturated heterocycles. The van der Waals surface area contributed by atoms with Crippen molar-refractivity contribution < 1.29 is 13.5 Å². The van der Waals surface area contributed by atoms with E-state index in [1.807, 2.05) is 27.7 Å². The first-order valence-electron chi connectivity index (χ1n) is 6.51. The van der Waals surface area contributed by atoms with E-state index in [4.69, 9.17) is 5.73 Å². The van der Waals surface area contributed by atoms with E-state index >= 15 is 0 Å². The molecule has 5 N–H and O–H groups in total. The lowest BCUT2D eigenvalue weighted by molar-refractivity contribution is 0.125. The summed E-state index contributed by atoms with van der Waals surface area (Å²) in [6.07, 6.45) is 2.75. The van der Waals surface area contributed by atoms with Gasteiger partial charge in [0.25, 0.3) is 10.0 Å². The van der Waals surface area contributed by atoms with Crippen molar-refractivity contribution in [3.05, 3.63) is 23.0 Å². The Balaban J connectivity index is 4.53. The molecular formula is C13H27N3O3S. The fourth-order valence-corrected chi connectivity index (χ4v) is 2.21. The van der Waals surface area contributed by atoms with Crippen molar-refractivity contribution in [1.29, 1.82) is 0 Å². The number of rotatable bonds is 7. The molecule has 1 atom stereocenters. The SMILES string of the molecule is C/C=C(/C)N/C=C(\N)S(=O)(=O)NCC(O)CC(C)(C)C. The zero-order chi connectivity index (χ0) is 16.0. The van der Waals surface area contributed by atoms with E-state index in [9.17, 15) is 13.5 Å². The maximum Gasteiger partial charge on any atom is 0.257 e. The molecule has 0 amide bonds. The van der Waals surface area contributed by atoms with Gasteiger partial charge in [-0.15, -0.1) is 0 Å². The van der Waals surface area contributed by atoms with Gasteiger partial charge in [-0.2, -0.15) is 0 Å². The Labute approximate surface area is 122 Å². The second kappa shape index (κ2) is 7.66. The number of nitrogens with one attached hydrogen (secondary N) is 2. The Kier molecular flexibility index (Phi) is 7.26. The van der Waals surface area contributed by atoms with Gasteiger partial charge in [-0.05, 0) is 25.7 Å². The van der Waals surface area contributed by atoms with Crippen molar-refractivity contribution in [2.75, 3.05) is 6.54 Å². The molecule has 0 aromatic heterocycles. The Morgan fingerprint density at radius 1 is 1.40 bits per heavy atom. The predicted molar refractivity (Wildman–Crippen MR) is 81.8 cm³/mol. The largest absolute Gasteiger partial charge is 0.392 e. The molecule has 0 rings (SSSR count). The molecule has 0 aliphatic rings. The van der Waals surface area contributed by atoms with Crippen LogP contribution in [0.25, 0.3) is 0 Å². The van der Waals surface area contributed by atoms with E-state index in [2.05, 4.69) is 10.0 Å². The van der Waals surface area contributed by atoms with Crippen LogP contribution in [0.3, 0.4) is 0 Å². The lowest BCUT2D eigenvalue weighted by Crippen LogP contribution is -2.36. The van der Waals surface area contributed by atoms with Gasteiger partial charge in [-0.25, -0.2) is 13.1 Å². The van der Waals surface area contributed by atoms with E-state index in [0.717, 1.165) is 5.70 Å². The fraction of sp³-hybridized carbons (Fsp3) is 0.692. The Morgan fingerprint density at radius 2 is 1.95 bits per heavy atom. The molecule has 0 aliphatic heterocycles. The van der Waals surface area contributed by atoms with Crippen molar-refractivity contribution in [1.82, 2.24) is 10.0 Å². The minimum atomic E-state index is -3.78. The van der Waals surface area contributed by atoms with Crippen molar-refractivity contribution in [2.45, 2.75) is 47.1 Å². The maximum atomic E-state index is 11.8. The molecule has 7 heteroatoms. The second-order valence-corrected chi connectivity index (χ2v) is 7.70. The number of allylic oxidation sites excluding steroid dienone is 2. The monoisotopic (exact) mass is 305 g/mol.